The Hall–Kier alpha value is -5.48. The number of aliphatic carboxylic acids is 1. The third kappa shape index (κ3) is 7.87. The molecule has 284 valence electrons. The van der Waals surface area contributed by atoms with Crippen molar-refractivity contribution in [1.29, 1.82) is 5.26 Å². The van der Waals surface area contributed by atoms with Crippen LogP contribution >= 0.6 is 0 Å². The molecule has 3 heterocycles. The molecule has 2 fully saturated rings. The van der Waals surface area contributed by atoms with Crippen molar-refractivity contribution in [3.05, 3.63) is 105 Å². The standard InChI is InChI=1S/C43H41F3N4O5/c1-25-28(10-11-29-19-39(54-3)32(18-37(29)43(44,45)46)23-50-15-13-33(51)24-50)6-4-7-34(25)35-8-5-9-36(26(35)2)41-48-38-17-27(16-31(20-47)40(38)55-41)21-49-14-12-30(22-49)42(52)53/h4-11,16-19,30,33,51H,12-15,21-24H2,1-3H3,(H,52,53)/b11-10+/t30-,33-/m1/s1. The number of likely N-dealkylation sites (tertiary alicyclic amines) is 2. The molecule has 0 unspecified atom stereocenters. The number of ether oxygens (including phenoxy) is 1. The van der Waals surface area contributed by atoms with Crippen LogP contribution in [0.2, 0.25) is 0 Å². The second-order valence-corrected chi connectivity index (χ2v) is 14.4. The number of alkyl halides is 3. The lowest BCUT2D eigenvalue weighted by Gasteiger charge is -2.20. The number of nitriles is 1. The first-order chi connectivity index (χ1) is 26.3. The van der Waals surface area contributed by atoms with Crippen molar-refractivity contribution in [2.75, 3.05) is 33.3 Å². The van der Waals surface area contributed by atoms with Gasteiger partial charge in [-0.25, -0.2) is 4.98 Å². The Bertz CT molecular complexity index is 2340. The normalized spacial score (nSPS) is 18.1. The highest BCUT2D eigenvalue weighted by Crippen LogP contribution is 2.39. The van der Waals surface area contributed by atoms with E-state index in [4.69, 9.17) is 14.1 Å². The number of methoxy groups -OCH3 is 1. The maximum atomic E-state index is 14.4. The third-order valence-electron chi connectivity index (χ3n) is 10.8. The number of fused-ring (bicyclic) bond motifs is 1. The topological polar surface area (TPSA) is 123 Å². The Balaban J connectivity index is 1.18. The van der Waals surface area contributed by atoms with Gasteiger partial charge >= 0.3 is 12.1 Å². The number of benzene rings is 4. The van der Waals surface area contributed by atoms with Gasteiger partial charge in [-0.1, -0.05) is 42.5 Å². The van der Waals surface area contributed by atoms with E-state index < -0.39 is 29.7 Å². The number of rotatable bonds is 10. The molecule has 12 heteroatoms. The van der Waals surface area contributed by atoms with Gasteiger partial charge in [0.2, 0.25) is 5.89 Å². The average molecular weight is 751 g/mol. The first-order valence-electron chi connectivity index (χ1n) is 18.2. The minimum atomic E-state index is -4.60. The van der Waals surface area contributed by atoms with Crippen molar-refractivity contribution in [3.63, 3.8) is 0 Å². The van der Waals surface area contributed by atoms with E-state index in [2.05, 4.69) is 11.0 Å². The Morgan fingerprint density at radius 2 is 1.65 bits per heavy atom. The highest BCUT2D eigenvalue weighted by atomic mass is 19.4. The minimum Gasteiger partial charge on any atom is -0.496 e. The molecule has 2 N–H and O–H groups in total. The van der Waals surface area contributed by atoms with Gasteiger partial charge in [-0.15, -0.1) is 0 Å². The summed E-state index contributed by atoms with van der Waals surface area (Å²) in [6.45, 7) is 6.73. The number of carboxylic acids is 1. The maximum absolute atomic E-state index is 14.4. The van der Waals surface area contributed by atoms with Crippen molar-refractivity contribution >= 4 is 29.2 Å². The summed E-state index contributed by atoms with van der Waals surface area (Å²) in [5.74, 6) is -0.503. The third-order valence-corrected chi connectivity index (χ3v) is 10.8. The number of oxazole rings is 1. The number of β-amino-alcohol motifs (C(OH)–C–C–N with tert-alkyl or cyclic N) is 1. The number of carbonyl (C=O) groups is 1. The van der Waals surface area contributed by atoms with E-state index >= 15 is 0 Å². The number of aromatic nitrogens is 1. The fourth-order valence-electron chi connectivity index (χ4n) is 7.82. The van der Waals surface area contributed by atoms with Gasteiger partial charge in [-0.3, -0.25) is 14.6 Å². The summed E-state index contributed by atoms with van der Waals surface area (Å²) in [4.78, 5) is 20.2. The van der Waals surface area contributed by atoms with Crippen molar-refractivity contribution in [2.45, 2.75) is 52.1 Å². The molecule has 0 saturated carbocycles. The molecule has 2 saturated heterocycles. The van der Waals surface area contributed by atoms with E-state index in [9.17, 15) is 33.4 Å². The number of carboxylic acid groups (broad SMARTS) is 1. The Morgan fingerprint density at radius 3 is 2.33 bits per heavy atom. The van der Waals surface area contributed by atoms with Gasteiger partial charge in [-0.05, 0) is 103 Å². The fraction of sp³-hybridized carbons (Fsp3) is 0.326. The number of hydrogen-bond donors (Lipinski definition) is 2. The molecule has 0 spiro atoms. The first kappa shape index (κ1) is 37.8. The van der Waals surface area contributed by atoms with Gasteiger partial charge in [0.05, 0.1) is 30.3 Å². The van der Waals surface area contributed by atoms with E-state index in [-0.39, 0.29) is 12.1 Å². The lowest BCUT2D eigenvalue weighted by atomic mass is 9.91. The SMILES string of the molecule is COc1cc(/C=C/c2cccc(-c3cccc(-c4nc5cc(CN6CC[C@@H](C(=O)O)C6)cc(C#N)c5o4)c3C)c2C)c(C(F)(F)F)cc1CN1CC[C@@H](O)C1. The Kier molecular flexibility index (Phi) is 10.5. The molecule has 0 amide bonds. The zero-order chi connectivity index (χ0) is 39.0. The second kappa shape index (κ2) is 15.3. The van der Waals surface area contributed by atoms with Crippen molar-refractivity contribution < 1.29 is 37.3 Å². The van der Waals surface area contributed by atoms with Crippen LogP contribution in [0.5, 0.6) is 5.75 Å². The van der Waals surface area contributed by atoms with Crippen molar-refractivity contribution in [2.24, 2.45) is 5.92 Å². The predicted octanol–water partition coefficient (Wildman–Crippen LogP) is 8.32. The fourth-order valence-corrected chi connectivity index (χ4v) is 7.82. The summed E-state index contributed by atoms with van der Waals surface area (Å²) >= 11 is 0. The summed E-state index contributed by atoms with van der Waals surface area (Å²) in [5, 5.41) is 29.3. The average Bonchev–Trinajstić information content (AvgIpc) is 3.91. The molecule has 0 bridgehead atoms. The molecule has 0 aliphatic carbocycles. The summed E-state index contributed by atoms with van der Waals surface area (Å²) in [6, 6.07) is 19.9. The molecule has 9 nitrogen and oxygen atoms in total. The van der Waals surface area contributed by atoms with E-state index in [0.29, 0.717) is 79.4 Å². The van der Waals surface area contributed by atoms with Crippen LogP contribution in [0.25, 0.3) is 45.8 Å². The number of halogens is 3. The number of aliphatic hydroxyl groups excluding tert-OH is 1. The molecule has 1 aromatic heterocycles. The Labute approximate surface area is 316 Å². The quantitative estimate of drug-likeness (QED) is 0.136. The number of aliphatic hydroxyl groups is 1. The number of hydrogen-bond acceptors (Lipinski definition) is 8. The van der Waals surface area contributed by atoms with E-state index in [0.717, 1.165) is 45.0 Å². The van der Waals surface area contributed by atoms with Crippen LogP contribution in [-0.2, 0) is 24.1 Å². The first-order valence-corrected chi connectivity index (χ1v) is 18.2. The molecule has 2 atom stereocenters. The largest absolute Gasteiger partial charge is 0.496 e. The predicted molar refractivity (Wildman–Crippen MR) is 203 cm³/mol. The minimum absolute atomic E-state index is 0.0155. The molecule has 2 aliphatic heterocycles. The van der Waals surface area contributed by atoms with Crippen LogP contribution < -0.4 is 4.74 Å². The molecule has 2 aliphatic rings. The highest BCUT2D eigenvalue weighted by molar-refractivity contribution is 5.86. The summed E-state index contributed by atoms with van der Waals surface area (Å²) in [5.41, 5.74) is 6.73. The van der Waals surface area contributed by atoms with Crippen LogP contribution in [0, 0.1) is 31.1 Å². The molecule has 0 radical (unpaired) electrons. The molecule has 7 rings (SSSR count). The van der Waals surface area contributed by atoms with Gasteiger partial charge in [0.1, 0.15) is 17.3 Å². The second-order valence-electron chi connectivity index (χ2n) is 14.4. The number of nitrogens with zero attached hydrogens (tertiary/aromatic N) is 4. The molecule has 5 aromatic rings. The van der Waals surface area contributed by atoms with Crippen LogP contribution in [0.4, 0.5) is 13.2 Å². The van der Waals surface area contributed by atoms with Gasteiger partial charge in [0, 0.05) is 43.9 Å². The van der Waals surface area contributed by atoms with Gasteiger partial charge in [0.25, 0.3) is 0 Å². The lowest BCUT2D eigenvalue weighted by molar-refractivity contribution is -0.141. The van der Waals surface area contributed by atoms with Crippen LogP contribution in [0.15, 0.2) is 65.1 Å². The van der Waals surface area contributed by atoms with Gasteiger partial charge < -0.3 is 19.4 Å². The molecule has 4 aromatic carbocycles. The lowest BCUT2D eigenvalue weighted by Crippen LogP contribution is -2.22. The zero-order valence-electron chi connectivity index (χ0n) is 30.8. The zero-order valence-corrected chi connectivity index (χ0v) is 30.8. The van der Waals surface area contributed by atoms with E-state index in [1.807, 2.05) is 61.2 Å². The Morgan fingerprint density at radius 1 is 0.964 bits per heavy atom. The van der Waals surface area contributed by atoms with Crippen molar-refractivity contribution in [1.82, 2.24) is 14.8 Å². The smallest absolute Gasteiger partial charge is 0.417 e. The summed E-state index contributed by atoms with van der Waals surface area (Å²) in [7, 11) is 1.44. The summed E-state index contributed by atoms with van der Waals surface area (Å²) < 4.78 is 55.0. The highest BCUT2D eigenvalue weighted by Gasteiger charge is 2.35. The van der Waals surface area contributed by atoms with Gasteiger partial charge in [-0.2, -0.15) is 18.4 Å². The van der Waals surface area contributed by atoms with Crippen molar-refractivity contribution in [3.8, 4) is 34.4 Å². The molecular formula is C43H41F3N4O5. The summed E-state index contributed by atoms with van der Waals surface area (Å²) in [6.07, 6.45) is -0.768. The van der Waals surface area contributed by atoms with E-state index in [1.165, 1.54) is 19.3 Å². The van der Waals surface area contributed by atoms with Crippen LogP contribution in [-0.4, -0.2) is 70.4 Å². The molecule has 55 heavy (non-hydrogen) atoms. The van der Waals surface area contributed by atoms with Gasteiger partial charge in [0.15, 0.2) is 5.58 Å². The van der Waals surface area contributed by atoms with Crippen LogP contribution in [0.1, 0.15) is 57.3 Å². The van der Waals surface area contributed by atoms with E-state index in [1.54, 1.807) is 12.1 Å². The maximum Gasteiger partial charge on any atom is 0.417 e. The monoisotopic (exact) mass is 750 g/mol. The van der Waals surface area contributed by atoms with Crippen LogP contribution in [0.3, 0.4) is 0 Å². The molecular weight excluding hydrogens is 709 g/mol.